The number of likely N-dealkylation sites (tertiary alicyclic amines) is 1. The van der Waals surface area contributed by atoms with E-state index >= 15 is 0 Å². The summed E-state index contributed by atoms with van der Waals surface area (Å²) in [5, 5.41) is 0.346. The van der Waals surface area contributed by atoms with E-state index in [1.165, 1.54) is 6.20 Å². The molecule has 8 heteroatoms. The first-order chi connectivity index (χ1) is 12.6. The number of piperidine rings is 1. The molecular formula is C18H19ClN4O3. The highest BCUT2D eigenvalue weighted by atomic mass is 35.5. The molecule has 4 heterocycles. The highest BCUT2D eigenvalue weighted by molar-refractivity contribution is 6.33. The summed E-state index contributed by atoms with van der Waals surface area (Å²) in [4.78, 5) is 34.9. The third-order valence-corrected chi connectivity index (χ3v) is 5.61. The monoisotopic (exact) mass is 374 g/mol. The number of esters is 1. The Morgan fingerprint density at radius 1 is 1.31 bits per heavy atom. The number of carbonyl (C=O) groups is 2. The molecule has 0 saturated carbocycles. The van der Waals surface area contributed by atoms with Crippen molar-refractivity contribution in [1.29, 1.82) is 0 Å². The first-order valence-electron chi connectivity index (χ1n) is 8.63. The van der Waals surface area contributed by atoms with Crippen molar-refractivity contribution in [1.82, 2.24) is 19.4 Å². The maximum Gasteiger partial charge on any atom is 0.312 e. The number of carbonyl (C=O) groups excluding carboxylic acids is 2. The fraction of sp³-hybridized carbons (Fsp3) is 0.444. The summed E-state index contributed by atoms with van der Waals surface area (Å²) < 4.78 is 7.52. The van der Waals surface area contributed by atoms with Gasteiger partial charge in [-0.05, 0) is 18.9 Å². The molecule has 0 N–H and O–H groups in total. The quantitative estimate of drug-likeness (QED) is 0.769. The van der Waals surface area contributed by atoms with Gasteiger partial charge in [0, 0.05) is 44.3 Å². The van der Waals surface area contributed by atoms with Crippen molar-refractivity contribution >= 4 is 23.5 Å². The lowest BCUT2D eigenvalue weighted by molar-refractivity contribution is -0.150. The predicted octanol–water partition coefficient (Wildman–Crippen LogP) is 2.17. The van der Waals surface area contributed by atoms with Crippen LogP contribution in [0.25, 0.3) is 0 Å². The highest BCUT2D eigenvalue weighted by Crippen LogP contribution is 2.43. The van der Waals surface area contributed by atoms with Crippen LogP contribution in [0, 0.1) is 5.41 Å². The fourth-order valence-electron chi connectivity index (χ4n) is 3.83. The lowest BCUT2D eigenvalue weighted by Crippen LogP contribution is -2.45. The molecule has 2 fully saturated rings. The molecule has 2 saturated heterocycles. The largest absolute Gasteiger partial charge is 0.460 e. The lowest BCUT2D eigenvalue weighted by atomic mass is 9.76. The van der Waals surface area contributed by atoms with Crippen molar-refractivity contribution in [3.05, 3.63) is 47.8 Å². The third-order valence-electron chi connectivity index (χ3n) is 5.31. The smallest absolute Gasteiger partial charge is 0.312 e. The van der Waals surface area contributed by atoms with Gasteiger partial charge in [-0.15, -0.1) is 0 Å². The Kier molecular flexibility index (Phi) is 4.40. The minimum atomic E-state index is -0.482. The molecule has 26 heavy (non-hydrogen) atoms. The molecule has 2 aromatic rings. The minimum absolute atomic E-state index is 0.117. The van der Waals surface area contributed by atoms with E-state index in [4.69, 9.17) is 16.3 Å². The number of nitrogens with zero attached hydrogens (tertiary/aromatic N) is 4. The van der Waals surface area contributed by atoms with Crippen LogP contribution in [0.1, 0.15) is 29.6 Å². The van der Waals surface area contributed by atoms with Gasteiger partial charge < -0.3 is 14.2 Å². The van der Waals surface area contributed by atoms with Crippen molar-refractivity contribution in [2.24, 2.45) is 5.41 Å². The van der Waals surface area contributed by atoms with Crippen LogP contribution in [0.2, 0.25) is 5.02 Å². The maximum atomic E-state index is 12.7. The second kappa shape index (κ2) is 6.72. The molecule has 136 valence electrons. The third kappa shape index (κ3) is 3.07. The number of hydrogen-bond donors (Lipinski definition) is 0. The van der Waals surface area contributed by atoms with Gasteiger partial charge in [0.25, 0.3) is 5.91 Å². The SMILES string of the molecule is O=C(c1ccncc1Cl)N1CCC2(CC1)CC(Cn1ccnc1)OC2=O. The lowest BCUT2D eigenvalue weighted by Gasteiger charge is -2.36. The molecular weight excluding hydrogens is 356 g/mol. The molecule has 1 unspecified atom stereocenters. The molecule has 1 spiro atoms. The summed E-state index contributed by atoms with van der Waals surface area (Å²) >= 11 is 6.08. The normalized spacial score (nSPS) is 21.8. The van der Waals surface area contributed by atoms with Gasteiger partial charge in [-0.1, -0.05) is 11.6 Å². The first kappa shape index (κ1) is 17.0. The summed E-state index contributed by atoms with van der Waals surface area (Å²) in [6, 6.07) is 1.63. The predicted molar refractivity (Wildman–Crippen MR) is 93.5 cm³/mol. The van der Waals surface area contributed by atoms with Gasteiger partial charge in [-0.2, -0.15) is 0 Å². The molecule has 2 aromatic heterocycles. The number of halogens is 1. The van der Waals surface area contributed by atoms with Crippen LogP contribution in [0.4, 0.5) is 0 Å². The van der Waals surface area contributed by atoms with Gasteiger partial charge in [-0.25, -0.2) is 4.98 Å². The molecule has 4 rings (SSSR count). The highest BCUT2D eigenvalue weighted by Gasteiger charge is 2.50. The fourth-order valence-corrected chi connectivity index (χ4v) is 4.03. The van der Waals surface area contributed by atoms with Crippen LogP contribution in [-0.2, 0) is 16.1 Å². The second-order valence-electron chi connectivity index (χ2n) is 6.92. The van der Waals surface area contributed by atoms with Gasteiger partial charge in [0.15, 0.2) is 0 Å². The number of amides is 1. The molecule has 2 aliphatic rings. The number of aromatic nitrogens is 3. The Hall–Kier alpha value is -2.41. The standard InChI is InChI=1S/C18H19ClN4O3/c19-15-10-20-4-1-14(15)16(24)23-6-2-18(3-7-23)9-13(26-17(18)25)11-22-8-5-21-12-22/h1,4-5,8,10,12-13H,2-3,6-7,9,11H2. The van der Waals surface area contributed by atoms with E-state index in [2.05, 4.69) is 9.97 Å². The molecule has 0 bridgehead atoms. The van der Waals surface area contributed by atoms with Crippen LogP contribution in [0.5, 0.6) is 0 Å². The second-order valence-corrected chi connectivity index (χ2v) is 7.33. The molecule has 0 radical (unpaired) electrons. The molecule has 0 aliphatic carbocycles. The van der Waals surface area contributed by atoms with Crippen LogP contribution in [-0.4, -0.2) is 50.5 Å². The number of hydrogen-bond acceptors (Lipinski definition) is 5. The van der Waals surface area contributed by atoms with Crippen molar-refractivity contribution in [2.75, 3.05) is 13.1 Å². The zero-order valence-corrected chi connectivity index (χ0v) is 14.9. The Bertz CT molecular complexity index is 816. The molecule has 1 atom stereocenters. The Morgan fingerprint density at radius 3 is 2.81 bits per heavy atom. The molecule has 0 aromatic carbocycles. The van der Waals surface area contributed by atoms with Crippen LogP contribution in [0.15, 0.2) is 37.2 Å². The van der Waals surface area contributed by atoms with Gasteiger partial charge in [0.1, 0.15) is 6.10 Å². The average Bonchev–Trinajstić information content (AvgIpc) is 3.24. The summed E-state index contributed by atoms with van der Waals surface area (Å²) in [6.07, 6.45) is 10.1. The van der Waals surface area contributed by atoms with E-state index in [1.807, 2.05) is 10.8 Å². The summed E-state index contributed by atoms with van der Waals surface area (Å²) in [5.74, 6) is -0.259. The van der Waals surface area contributed by atoms with Crippen LogP contribution < -0.4 is 0 Å². The zero-order chi connectivity index (χ0) is 18.1. The van der Waals surface area contributed by atoms with Crippen molar-refractivity contribution < 1.29 is 14.3 Å². The maximum absolute atomic E-state index is 12.7. The number of rotatable bonds is 3. The summed E-state index contributed by atoms with van der Waals surface area (Å²) in [7, 11) is 0. The number of imidazole rings is 1. The summed E-state index contributed by atoms with van der Waals surface area (Å²) in [5.41, 5.74) is -0.0334. The molecule has 7 nitrogen and oxygen atoms in total. The van der Waals surface area contributed by atoms with Crippen molar-refractivity contribution in [2.45, 2.75) is 31.9 Å². The first-order valence-corrected chi connectivity index (χ1v) is 9.01. The molecule has 1 amide bonds. The van der Waals surface area contributed by atoms with Crippen molar-refractivity contribution in [3.63, 3.8) is 0 Å². The van der Waals surface area contributed by atoms with E-state index in [1.54, 1.807) is 29.7 Å². The summed E-state index contributed by atoms with van der Waals surface area (Å²) in [6.45, 7) is 1.65. The van der Waals surface area contributed by atoms with E-state index < -0.39 is 5.41 Å². The van der Waals surface area contributed by atoms with Gasteiger partial charge in [-0.3, -0.25) is 14.6 Å². The molecule has 2 aliphatic heterocycles. The van der Waals surface area contributed by atoms with Crippen LogP contribution in [0.3, 0.4) is 0 Å². The van der Waals surface area contributed by atoms with E-state index in [0.29, 0.717) is 49.5 Å². The van der Waals surface area contributed by atoms with E-state index in [-0.39, 0.29) is 18.0 Å². The van der Waals surface area contributed by atoms with E-state index in [0.717, 1.165) is 0 Å². The van der Waals surface area contributed by atoms with Gasteiger partial charge in [0.2, 0.25) is 0 Å². The zero-order valence-electron chi connectivity index (χ0n) is 14.2. The number of ether oxygens (including phenoxy) is 1. The van der Waals surface area contributed by atoms with Crippen LogP contribution >= 0.6 is 11.6 Å². The number of pyridine rings is 1. The Morgan fingerprint density at radius 2 is 2.12 bits per heavy atom. The Balaban J connectivity index is 1.40. The van der Waals surface area contributed by atoms with Gasteiger partial charge >= 0.3 is 5.97 Å². The number of cyclic esters (lactones) is 1. The van der Waals surface area contributed by atoms with Crippen molar-refractivity contribution in [3.8, 4) is 0 Å². The Labute approximate surface area is 155 Å². The topological polar surface area (TPSA) is 77.3 Å². The van der Waals surface area contributed by atoms with Gasteiger partial charge in [0.05, 0.1) is 28.9 Å². The van der Waals surface area contributed by atoms with E-state index in [9.17, 15) is 9.59 Å². The minimum Gasteiger partial charge on any atom is -0.460 e. The average molecular weight is 375 g/mol.